The predicted molar refractivity (Wildman–Crippen MR) is 76.6 cm³/mol. The van der Waals surface area contributed by atoms with Crippen LogP contribution >= 0.6 is 0 Å². The molecule has 0 aliphatic heterocycles. The van der Waals surface area contributed by atoms with Crippen LogP contribution in [0.5, 0.6) is 0 Å². The van der Waals surface area contributed by atoms with E-state index in [-0.39, 0.29) is 5.97 Å². The molecule has 1 aromatic rings. The molecule has 0 aliphatic carbocycles. The molecule has 3 heteroatoms. The zero-order valence-corrected chi connectivity index (χ0v) is 11.6. The molecule has 19 heavy (non-hydrogen) atoms. The second-order valence-corrected chi connectivity index (χ2v) is 4.60. The third-order valence-corrected chi connectivity index (χ3v) is 3.06. The number of esters is 1. The van der Waals surface area contributed by atoms with Crippen LogP contribution in [0.15, 0.2) is 30.3 Å². The van der Waals surface area contributed by atoms with Gasteiger partial charge in [0.2, 0.25) is 0 Å². The quantitative estimate of drug-likeness (QED) is 0.602. The molecule has 1 rings (SSSR count). The second kappa shape index (κ2) is 7.60. The van der Waals surface area contributed by atoms with E-state index < -0.39 is 5.54 Å². The number of aryl methyl sites for hydroxylation is 1. The van der Waals surface area contributed by atoms with E-state index in [1.807, 2.05) is 37.3 Å². The molecule has 0 aromatic heterocycles. The Balaban J connectivity index is 2.69. The Bertz CT molecular complexity index is 436. The number of hydrogen-bond acceptors (Lipinski definition) is 3. The molecule has 0 aliphatic rings. The van der Waals surface area contributed by atoms with Crippen LogP contribution in [0.3, 0.4) is 0 Å². The van der Waals surface area contributed by atoms with E-state index in [9.17, 15) is 4.79 Å². The topological polar surface area (TPSA) is 38.3 Å². The van der Waals surface area contributed by atoms with Gasteiger partial charge < -0.3 is 4.74 Å². The third kappa shape index (κ3) is 4.76. The number of benzene rings is 1. The average molecular weight is 259 g/mol. The summed E-state index contributed by atoms with van der Waals surface area (Å²) in [5, 5.41) is 3.09. The lowest BCUT2D eigenvalue weighted by Crippen LogP contribution is -2.51. The molecule has 1 N–H and O–H groups in total. The first-order valence-corrected chi connectivity index (χ1v) is 6.52. The summed E-state index contributed by atoms with van der Waals surface area (Å²) in [4.78, 5) is 12.0. The fourth-order valence-electron chi connectivity index (χ4n) is 1.84. The van der Waals surface area contributed by atoms with Gasteiger partial charge in [-0.1, -0.05) is 36.3 Å². The highest BCUT2D eigenvalue weighted by Crippen LogP contribution is 2.16. The Morgan fingerprint density at radius 1 is 1.42 bits per heavy atom. The van der Waals surface area contributed by atoms with E-state index in [1.165, 1.54) is 5.56 Å². The zero-order chi connectivity index (χ0) is 14.1. The smallest absolute Gasteiger partial charge is 0.326 e. The second-order valence-electron chi connectivity index (χ2n) is 4.60. The van der Waals surface area contributed by atoms with Crippen LogP contribution in [0.25, 0.3) is 0 Å². The summed E-state index contributed by atoms with van der Waals surface area (Å²) in [6.07, 6.45) is 6.70. The van der Waals surface area contributed by atoms with Gasteiger partial charge in [-0.25, -0.2) is 0 Å². The van der Waals surface area contributed by atoms with Crippen LogP contribution < -0.4 is 5.32 Å². The van der Waals surface area contributed by atoms with Gasteiger partial charge in [0.15, 0.2) is 0 Å². The van der Waals surface area contributed by atoms with Crippen molar-refractivity contribution in [2.75, 3.05) is 13.2 Å². The summed E-state index contributed by atoms with van der Waals surface area (Å²) in [7, 11) is 0. The lowest BCUT2D eigenvalue weighted by atomic mass is 9.93. The molecule has 0 amide bonds. The van der Waals surface area contributed by atoms with Gasteiger partial charge in [0.25, 0.3) is 0 Å². The van der Waals surface area contributed by atoms with E-state index >= 15 is 0 Å². The lowest BCUT2D eigenvalue weighted by Gasteiger charge is -2.27. The maximum absolute atomic E-state index is 12.0. The Morgan fingerprint density at radius 2 is 2.11 bits per heavy atom. The summed E-state index contributed by atoms with van der Waals surface area (Å²) in [6.45, 7) is 4.36. The van der Waals surface area contributed by atoms with Crippen LogP contribution in [0.2, 0.25) is 0 Å². The highest BCUT2D eigenvalue weighted by atomic mass is 16.5. The summed E-state index contributed by atoms with van der Waals surface area (Å²) in [5.74, 6) is 2.25. The molecule has 1 aromatic carbocycles. The fourth-order valence-corrected chi connectivity index (χ4v) is 1.84. The van der Waals surface area contributed by atoms with Gasteiger partial charge in [0, 0.05) is 0 Å². The van der Waals surface area contributed by atoms with E-state index in [0.717, 1.165) is 6.42 Å². The summed E-state index contributed by atoms with van der Waals surface area (Å²) in [6, 6.07) is 10.1. The Hall–Kier alpha value is -1.79. The SMILES string of the molecule is C#CCNC(C)(CCc1ccccc1)C(=O)OCC. The molecule has 0 fully saturated rings. The molecule has 0 bridgehead atoms. The Labute approximate surface area is 115 Å². The van der Waals surface area contributed by atoms with Crippen LogP contribution in [-0.4, -0.2) is 24.7 Å². The minimum Gasteiger partial charge on any atom is -0.465 e. The first-order chi connectivity index (χ1) is 9.12. The van der Waals surface area contributed by atoms with Gasteiger partial charge in [-0.3, -0.25) is 10.1 Å². The summed E-state index contributed by atoms with van der Waals surface area (Å²) < 4.78 is 5.12. The minimum absolute atomic E-state index is 0.249. The molecule has 0 saturated heterocycles. The molecule has 3 nitrogen and oxygen atoms in total. The van der Waals surface area contributed by atoms with Gasteiger partial charge >= 0.3 is 5.97 Å². The van der Waals surface area contributed by atoms with Gasteiger partial charge in [-0.05, 0) is 32.3 Å². The largest absolute Gasteiger partial charge is 0.465 e. The highest BCUT2D eigenvalue weighted by Gasteiger charge is 2.33. The summed E-state index contributed by atoms with van der Waals surface area (Å²) >= 11 is 0. The van der Waals surface area contributed by atoms with Crippen LogP contribution in [0, 0.1) is 12.3 Å². The first-order valence-electron chi connectivity index (χ1n) is 6.52. The molecular formula is C16H21NO2. The lowest BCUT2D eigenvalue weighted by molar-refractivity contribution is -0.150. The molecule has 0 radical (unpaired) electrons. The van der Waals surface area contributed by atoms with E-state index in [2.05, 4.69) is 11.2 Å². The number of carbonyl (C=O) groups is 1. The minimum atomic E-state index is -0.738. The predicted octanol–water partition coefficient (Wildman–Crippen LogP) is 2.16. The van der Waals surface area contributed by atoms with Gasteiger partial charge in [0.1, 0.15) is 5.54 Å². The average Bonchev–Trinajstić information content (AvgIpc) is 2.44. The molecule has 1 unspecified atom stereocenters. The van der Waals surface area contributed by atoms with Crippen molar-refractivity contribution in [3.05, 3.63) is 35.9 Å². The van der Waals surface area contributed by atoms with Gasteiger partial charge in [-0.15, -0.1) is 6.42 Å². The highest BCUT2D eigenvalue weighted by molar-refractivity contribution is 5.80. The molecule has 0 spiro atoms. The standard InChI is InChI=1S/C16H21NO2/c1-4-13-17-16(3,15(18)19-5-2)12-11-14-9-7-6-8-10-14/h1,6-10,17H,5,11-13H2,2-3H3. The van der Waals surface area contributed by atoms with Crippen LogP contribution in [-0.2, 0) is 16.0 Å². The van der Waals surface area contributed by atoms with Crippen molar-refractivity contribution in [1.82, 2.24) is 5.32 Å². The molecule has 0 heterocycles. The van der Waals surface area contributed by atoms with Crippen molar-refractivity contribution in [3.63, 3.8) is 0 Å². The molecular weight excluding hydrogens is 238 g/mol. The first kappa shape index (κ1) is 15.3. The molecule has 0 saturated carbocycles. The van der Waals surface area contributed by atoms with Crippen molar-refractivity contribution >= 4 is 5.97 Å². The van der Waals surface area contributed by atoms with Crippen LogP contribution in [0.1, 0.15) is 25.8 Å². The Morgan fingerprint density at radius 3 is 2.68 bits per heavy atom. The van der Waals surface area contributed by atoms with E-state index in [1.54, 1.807) is 6.92 Å². The maximum atomic E-state index is 12.0. The molecule has 1 atom stereocenters. The Kier molecular flexibility index (Phi) is 6.11. The van der Waals surface area contributed by atoms with Crippen molar-refractivity contribution < 1.29 is 9.53 Å². The third-order valence-electron chi connectivity index (χ3n) is 3.06. The number of carbonyl (C=O) groups excluding carboxylic acids is 1. The fraction of sp³-hybridized carbons (Fsp3) is 0.438. The number of nitrogens with one attached hydrogen (secondary N) is 1. The number of rotatable bonds is 7. The van der Waals surface area contributed by atoms with Crippen molar-refractivity contribution in [1.29, 1.82) is 0 Å². The van der Waals surface area contributed by atoms with Gasteiger partial charge in [0.05, 0.1) is 13.2 Å². The van der Waals surface area contributed by atoms with Crippen molar-refractivity contribution in [2.45, 2.75) is 32.2 Å². The summed E-state index contributed by atoms with van der Waals surface area (Å²) in [5.41, 5.74) is 0.457. The number of ether oxygens (including phenoxy) is 1. The molecule has 102 valence electrons. The zero-order valence-electron chi connectivity index (χ0n) is 11.6. The van der Waals surface area contributed by atoms with E-state index in [0.29, 0.717) is 19.6 Å². The maximum Gasteiger partial charge on any atom is 0.326 e. The van der Waals surface area contributed by atoms with E-state index in [4.69, 9.17) is 11.2 Å². The van der Waals surface area contributed by atoms with Crippen LogP contribution in [0.4, 0.5) is 0 Å². The van der Waals surface area contributed by atoms with Crippen molar-refractivity contribution in [3.8, 4) is 12.3 Å². The van der Waals surface area contributed by atoms with Gasteiger partial charge in [-0.2, -0.15) is 0 Å². The number of hydrogen-bond donors (Lipinski definition) is 1. The monoisotopic (exact) mass is 259 g/mol. The normalized spacial score (nSPS) is 13.3. The van der Waals surface area contributed by atoms with Crippen molar-refractivity contribution in [2.24, 2.45) is 0 Å². The number of terminal acetylenes is 1.